The van der Waals surface area contributed by atoms with Crippen molar-refractivity contribution in [1.82, 2.24) is 14.8 Å². The second-order valence-electron chi connectivity index (χ2n) is 5.98. The van der Waals surface area contributed by atoms with Crippen molar-refractivity contribution in [3.05, 3.63) is 59.9 Å². The highest BCUT2D eigenvalue weighted by Gasteiger charge is 2.25. The fraction of sp³-hybridized carbons (Fsp3) is 0.333. The number of hydrogen-bond acceptors (Lipinski definition) is 3. The van der Waals surface area contributed by atoms with E-state index >= 15 is 0 Å². The fourth-order valence-electron chi connectivity index (χ4n) is 3.03. The molecule has 2 N–H and O–H groups in total. The molecule has 1 saturated heterocycles. The highest BCUT2D eigenvalue weighted by molar-refractivity contribution is 5.95. The summed E-state index contributed by atoms with van der Waals surface area (Å²) in [4.78, 5) is 25.3. The fourth-order valence-corrected chi connectivity index (χ4v) is 3.03. The number of carboxylic acid groups (broad SMARTS) is 1. The number of piperidine rings is 1. The Kier molecular flexibility index (Phi) is 4.96. The molecule has 0 bridgehead atoms. The van der Waals surface area contributed by atoms with Gasteiger partial charge in [-0.1, -0.05) is 30.3 Å². The van der Waals surface area contributed by atoms with E-state index in [0.717, 1.165) is 24.0 Å². The van der Waals surface area contributed by atoms with Gasteiger partial charge in [0, 0.05) is 31.9 Å². The maximum Gasteiger partial charge on any atom is 0.416 e. The number of benzene rings is 1. The van der Waals surface area contributed by atoms with E-state index in [1.54, 1.807) is 17.0 Å². The van der Waals surface area contributed by atoms with Gasteiger partial charge in [-0.2, -0.15) is 0 Å². The third-order valence-corrected chi connectivity index (χ3v) is 4.39. The number of carbonyl (C=O) groups excluding carboxylic acids is 1. The van der Waals surface area contributed by atoms with Crippen molar-refractivity contribution in [3.8, 4) is 0 Å². The maximum absolute atomic E-state index is 12.5. The average molecular weight is 327 g/mol. The largest absolute Gasteiger partial charge is 0.464 e. The van der Waals surface area contributed by atoms with Gasteiger partial charge in [-0.3, -0.25) is 4.79 Å². The van der Waals surface area contributed by atoms with Crippen LogP contribution in [0.4, 0.5) is 4.79 Å². The number of nitrogens with one attached hydrogen (secondary N) is 1. The average Bonchev–Trinajstić information content (AvgIpc) is 3.11. The molecule has 2 aromatic rings. The number of rotatable bonds is 4. The Morgan fingerprint density at radius 2 is 1.79 bits per heavy atom. The van der Waals surface area contributed by atoms with Crippen LogP contribution in [0.1, 0.15) is 28.9 Å². The molecule has 1 aromatic carbocycles. The Balaban J connectivity index is 1.52. The van der Waals surface area contributed by atoms with Crippen molar-refractivity contribution in [1.29, 1.82) is 0 Å². The van der Waals surface area contributed by atoms with Gasteiger partial charge < -0.3 is 15.3 Å². The van der Waals surface area contributed by atoms with Gasteiger partial charge in [0.2, 0.25) is 0 Å². The third kappa shape index (κ3) is 3.65. The molecule has 0 unspecified atom stereocenters. The Morgan fingerprint density at radius 3 is 2.46 bits per heavy atom. The third-order valence-electron chi connectivity index (χ3n) is 4.39. The SMILES string of the molecule is O=C(c1cccn1C(=O)O)N1CCC(NCc2ccccc2)CC1. The summed E-state index contributed by atoms with van der Waals surface area (Å²) in [5, 5.41) is 12.6. The summed E-state index contributed by atoms with van der Waals surface area (Å²) >= 11 is 0. The molecular weight excluding hydrogens is 306 g/mol. The minimum Gasteiger partial charge on any atom is -0.464 e. The summed E-state index contributed by atoms with van der Waals surface area (Å²) in [6, 6.07) is 13.7. The van der Waals surface area contributed by atoms with Gasteiger partial charge in [-0.25, -0.2) is 9.36 Å². The molecule has 6 heteroatoms. The number of likely N-dealkylation sites (tertiary alicyclic amines) is 1. The summed E-state index contributed by atoms with van der Waals surface area (Å²) in [5.41, 5.74) is 1.45. The first-order chi connectivity index (χ1) is 11.6. The summed E-state index contributed by atoms with van der Waals surface area (Å²) in [7, 11) is 0. The minimum absolute atomic E-state index is 0.207. The number of hydrogen-bond donors (Lipinski definition) is 2. The first-order valence-electron chi connectivity index (χ1n) is 8.12. The van der Waals surface area contributed by atoms with E-state index in [0.29, 0.717) is 19.1 Å². The summed E-state index contributed by atoms with van der Waals surface area (Å²) in [6.07, 6.45) is 1.99. The first-order valence-corrected chi connectivity index (χ1v) is 8.12. The lowest BCUT2D eigenvalue weighted by molar-refractivity contribution is 0.0693. The van der Waals surface area contributed by atoms with Crippen molar-refractivity contribution < 1.29 is 14.7 Å². The predicted octanol–water partition coefficient (Wildman–Crippen LogP) is 2.41. The zero-order valence-corrected chi connectivity index (χ0v) is 13.4. The summed E-state index contributed by atoms with van der Waals surface area (Å²) in [5.74, 6) is -0.219. The molecule has 24 heavy (non-hydrogen) atoms. The monoisotopic (exact) mass is 327 g/mol. The van der Waals surface area contributed by atoms with E-state index < -0.39 is 6.09 Å². The van der Waals surface area contributed by atoms with E-state index in [4.69, 9.17) is 5.11 Å². The topological polar surface area (TPSA) is 74.6 Å². The van der Waals surface area contributed by atoms with Crippen LogP contribution in [0, 0.1) is 0 Å². The quantitative estimate of drug-likeness (QED) is 0.904. The van der Waals surface area contributed by atoms with E-state index in [-0.39, 0.29) is 11.6 Å². The van der Waals surface area contributed by atoms with Gasteiger partial charge in [-0.15, -0.1) is 0 Å². The lowest BCUT2D eigenvalue weighted by Gasteiger charge is -2.32. The number of aromatic nitrogens is 1. The highest BCUT2D eigenvalue weighted by Crippen LogP contribution is 2.15. The van der Waals surface area contributed by atoms with Crippen LogP contribution in [-0.2, 0) is 6.54 Å². The molecule has 126 valence electrons. The van der Waals surface area contributed by atoms with E-state index in [1.807, 2.05) is 18.2 Å². The summed E-state index contributed by atoms with van der Waals surface area (Å²) in [6.45, 7) is 2.09. The normalized spacial score (nSPS) is 15.4. The Hall–Kier alpha value is -2.60. The zero-order chi connectivity index (χ0) is 16.9. The lowest BCUT2D eigenvalue weighted by atomic mass is 10.0. The van der Waals surface area contributed by atoms with Crippen molar-refractivity contribution in [3.63, 3.8) is 0 Å². The molecular formula is C18H21N3O3. The highest BCUT2D eigenvalue weighted by atomic mass is 16.4. The first kappa shape index (κ1) is 16.3. The van der Waals surface area contributed by atoms with Crippen LogP contribution >= 0.6 is 0 Å². The molecule has 0 spiro atoms. The second kappa shape index (κ2) is 7.31. The second-order valence-corrected chi connectivity index (χ2v) is 5.98. The van der Waals surface area contributed by atoms with Crippen molar-refractivity contribution in [2.24, 2.45) is 0 Å². The number of carbonyl (C=O) groups is 2. The van der Waals surface area contributed by atoms with E-state index in [2.05, 4.69) is 17.4 Å². The molecule has 1 fully saturated rings. The van der Waals surface area contributed by atoms with Gasteiger partial charge in [0.05, 0.1) is 0 Å². The molecule has 1 aliphatic rings. The Labute approximate surface area is 140 Å². The van der Waals surface area contributed by atoms with Crippen LogP contribution in [-0.4, -0.2) is 45.7 Å². The van der Waals surface area contributed by atoms with Gasteiger partial charge >= 0.3 is 6.09 Å². The minimum atomic E-state index is -1.14. The molecule has 0 radical (unpaired) electrons. The summed E-state index contributed by atoms with van der Waals surface area (Å²) < 4.78 is 0.974. The maximum atomic E-state index is 12.5. The molecule has 1 amide bonds. The number of amides is 1. The van der Waals surface area contributed by atoms with Crippen molar-refractivity contribution in [2.75, 3.05) is 13.1 Å². The molecule has 0 aliphatic carbocycles. The van der Waals surface area contributed by atoms with Crippen LogP contribution in [0.5, 0.6) is 0 Å². The van der Waals surface area contributed by atoms with E-state index in [1.165, 1.54) is 11.8 Å². The Bertz CT molecular complexity index is 703. The van der Waals surface area contributed by atoms with E-state index in [9.17, 15) is 9.59 Å². The van der Waals surface area contributed by atoms with Gasteiger partial charge in [0.1, 0.15) is 5.69 Å². The lowest BCUT2D eigenvalue weighted by Crippen LogP contribution is -2.45. The van der Waals surface area contributed by atoms with Gasteiger partial charge in [0.25, 0.3) is 5.91 Å². The smallest absolute Gasteiger partial charge is 0.416 e. The standard InChI is InChI=1S/C18H21N3O3/c22-17(16-7-4-10-21(16)18(23)24)20-11-8-15(9-12-20)19-13-14-5-2-1-3-6-14/h1-7,10,15,19H,8-9,11-13H2,(H,23,24). The molecule has 0 saturated carbocycles. The van der Waals surface area contributed by atoms with Gasteiger partial charge in [-0.05, 0) is 30.5 Å². The molecule has 6 nitrogen and oxygen atoms in total. The van der Waals surface area contributed by atoms with Crippen LogP contribution < -0.4 is 5.32 Å². The molecule has 0 atom stereocenters. The predicted molar refractivity (Wildman–Crippen MR) is 90.1 cm³/mol. The number of nitrogens with zero attached hydrogens (tertiary/aromatic N) is 2. The van der Waals surface area contributed by atoms with Gasteiger partial charge in [0.15, 0.2) is 0 Å². The Morgan fingerprint density at radius 1 is 1.08 bits per heavy atom. The molecule has 1 aliphatic heterocycles. The van der Waals surface area contributed by atoms with Crippen LogP contribution in [0.3, 0.4) is 0 Å². The van der Waals surface area contributed by atoms with Crippen molar-refractivity contribution >= 4 is 12.0 Å². The van der Waals surface area contributed by atoms with Crippen LogP contribution in [0.15, 0.2) is 48.7 Å². The van der Waals surface area contributed by atoms with Crippen molar-refractivity contribution in [2.45, 2.75) is 25.4 Å². The molecule has 1 aromatic heterocycles. The molecule has 2 heterocycles. The zero-order valence-electron chi connectivity index (χ0n) is 13.4. The van der Waals surface area contributed by atoms with Crippen LogP contribution in [0.25, 0.3) is 0 Å². The van der Waals surface area contributed by atoms with Crippen LogP contribution in [0.2, 0.25) is 0 Å². The molecule has 3 rings (SSSR count).